The number of imidazole rings is 1. The van der Waals surface area contributed by atoms with E-state index in [4.69, 9.17) is 5.11 Å². The zero-order chi connectivity index (χ0) is 15.9. The van der Waals surface area contributed by atoms with Gasteiger partial charge in [-0.05, 0) is 24.3 Å². The van der Waals surface area contributed by atoms with E-state index in [1.165, 1.54) is 34.9 Å². The van der Waals surface area contributed by atoms with Crippen molar-refractivity contribution in [2.75, 3.05) is 0 Å². The second-order valence-corrected chi connectivity index (χ2v) is 4.64. The van der Waals surface area contributed by atoms with Gasteiger partial charge in [-0.25, -0.2) is 9.78 Å². The first-order chi connectivity index (χ1) is 10.4. The predicted octanol–water partition coefficient (Wildman–Crippen LogP) is 3.72. The van der Waals surface area contributed by atoms with Crippen LogP contribution in [0.15, 0.2) is 48.8 Å². The number of aromatic carboxylic acids is 1. The lowest BCUT2D eigenvalue weighted by molar-refractivity contribution is -0.137. The van der Waals surface area contributed by atoms with Crippen molar-refractivity contribution in [3.8, 4) is 11.4 Å². The number of hydrogen-bond acceptors (Lipinski definition) is 2. The fourth-order valence-electron chi connectivity index (χ4n) is 2.25. The van der Waals surface area contributed by atoms with Gasteiger partial charge in [0.1, 0.15) is 5.82 Å². The molecule has 0 fully saturated rings. The van der Waals surface area contributed by atoms with Gasteiger partial charge < -0.3 is 5.11 Å². The van der Waals surface area contributed by atoms with E-state index < -0.39 is 17.7 Å². The molecule has 0 aliphatic rings. The Hall–Kier alpha value is -2.83. The normalized spacial score (nSPS) is 11.8. The molecule has 0 atom stereocenters. The Balaban J connectivity index is 2.20. The molecule has 2 aromatic heterocycles. The number of benzene rings is 1. The third-order valence-electron chi connectivity index (χ3n) is 3.25. The van der Waals surface area contributed by atoms with Crippen LogP contribution >= 0.6 is 0 Å². The molecule has 0 spiro atoms. The standard InChI is InChI=1S/C15H9F3N2O2/c16-15(17,18)10-4-1-3-9(7-10)13-19-8-12-11(14(21)22)5-2-6-20(12)13/h1-8H,(H,21,22). The van der Waals surface area contributed by atoms with Crippen LogP contribution in [0.2, 0.25) is 0 Å². The summed E-state index contributed by atoms with van der Waals surface area (Å²) >= 11 is 0. The van der Waals surface area contributed by atoms with Crippen molar-refractivity contribution in [3.05, 3.63) is 59.9 Å². The Bertz CT molecular complexity index is 869. The summed E-state index contributed by atoms with van der Waals surface area (Å²) in [4.78, 5) is 15.2. The highest BCUT2D eigenvalue weighted by molar-refractivity contribution is 5.95. The molecule has 0 amide bonds. The van der Waals surface area contributed by atoms with E-state index in [1.54, 1.807) is 6.20 Å². The predicted molar refractivity (Wildman–Crippen MR) is 72.6 cm³/mol. The van der Waals surface area contributed by atoms with Crippen molar-refractivity contribution in [2.24, 2.45) is 0 Å². The molecular weight excluding hydrogens is 297 g/mol. The maximum absolute atomic E-state index is 12.8. The second kappa shape index (κ2) is 4.87. The first-order valence-corrected chi connectivity index (χ1v) is 6.25. The summed E-state index contributed by atoms with van der Waals surface area (Å²) in [6.07, 6.45) is -1.56. The molecule has 0 aliphatic carbocycles. The smallest absolute Gasteiger partial charge is 0.416 e. The number of halogens is 3. The van der Waals surface area contributed by atoms with Crippen molar-refractivity contribution in [3.63, 3.8) is 0 Å². The van der Waals surface area contributed by atoms with Crippen LogP contribution in [-0.4, -0.2) is 20.5 Å². The van der Waals surface area contributed by atoms with E-state index in [0.29, 0.717) is 5.52 Å². The molecule has 0 bridgehead atoms. The van der Waals surface area contributed by atoms with Gasteiger partial charge in [-0.1, -0.05) is 12.1 Å². The lowest BCUT2D eigenvalue weighted by Gasteiger charge is -2.08. The number of carbonyl (C=O) groups is 1. The van der Waals surface area contributed by atoms with E-state index >= 15 is 0 Å². The fraction of sp³-hybridized carbons (Fsp3) is 0.0667. The molecule has 0 saturated heterocycles. The molecule has 4 nitrogen and oxygen atoms in total. The number of pyridine rings is 1. The van der Waals surface area contributed by atoms with Crippen LogP contribution < -0.4 is 0 Å². The van der Waals surface area contributed by atoms with Gasteiger partial charge in [0.05, 0.1) is 22.8 Å². The molecule has 0 unspecified atom stereocenters. The van der Waals surface area contributed by atoms with Gasteiger partial charge in [-0.3, -0.25) is 4.40 Å². The van der Waals surface area contributed by atoms with Crippen LogP contribution in [0.5, 0.6) is 0 Å². The third kappa shape index (κ3) is 2.30. The van der Waals surface area contributed by atoms with E-state index in [-0.39, 0.29) is 17.0 Å². The van der Waals surface area contributed by atoms with Crippen LogP contribution in [-0.2, 0) is 6.18 Å². The quantitative estimate of drug-likeness (QED) is 0.785. The van der Waals surface area contributed by atoms with Crippen LogP contribution in [0.25, 0.3) is 16.9 Å². The maximum Gasteiger partial charge on any atom is 0.416 e. The molecule has 3 rings (SSSR count). The molecular formula is C15H9F3N2O2. The van der Waals surface area contributed by atoms with Gasteiger partial charge in [-0.15, -0.1) is 0 Å². The maximum atomic E-state index is 12.8. The second-order valence-electron chi connectivity index (χ2n) is 4.64. The Morgan fingerprint density at radius 3 is 2.64 bits per heavy atom. The first kappa shape index (κ1) is 14.1. The Kier molecular flexibility index (Phi) is 3.13. The number of carboxylic acids is 1. The summed E-state index contributed by atoms with van der Waals surface area (Å²) in [7, 11) is 0. The van der Waals surface area contributed by atoms with Crippen LogP contribution in [0.4, 0.5) is 13.2 Å². The molecule has 0 saturated carbocycles. The summed E-state index contributed by atoms with van der Waals surface area (Å²) in [5.41, 5.74) is -0.163. The van der Waals surface area contributed by atoms with Gasteiger partial charge in [0.25, 0.3) is 0 Å². The van der Waals surface area contributed by atoms with Crippen molar-refractivity contribution in [2.45, 2.75) is 6.18 Å². The minimum absolute atomic E-state index is 0.0354. The van der Waals surface area contributed by atoms with Crippen molar-refractivity contribution in [1.82, 2.24) is 9.38 Å². The highest BCUT2D eigenvalue weighted by Crippen LogP contribution is 2.32. The number of carboxylic acid groups (broad SMARTS) is 1. The third-order valence-corrected chi connectivity index (χ3v) is 3.25. The van der Waals surface area contributed by atoms with Crippen LogP contribution in [0.3, 0.4) is 0 Å². The average Bonchev–Trinajstić information content (AvgIpc) is 2.90. The fourth-order valence-corrected chi connectivity index (χ4v) is 2.25. The first-order valence-electron chi connectivity index (χ1n) is 6.25. The van der Waals surface area contributed by atoms with Crippen molar-refractivity contribution in [1.29, 1.82) is 0 Å². The zero-order valence-corrected chi connectivity index (χ0v) is 11.0. The molecule has 1 aromatic carbocycles. The van der Waals surface area contributed by atoms with Crippen LogP contribution in [0.1, 0.15) is 15.9 Å². The zero-order valence-electron chi connectivity index (χ0n) is 11.0. The number of nitrogens with zero attached hydrogens (tertiary/aromatic N) is 2. The number of alkyl halides is 3. The SMILES string of the molecule is O=C(O)c1cccn2c(-c3cccc(C(F)(F)F)c3)ncc12. The molecule has 1 N–H and O–H groups in total. The van der Waals surface area contributed by atoms with Gasteiger partial charge >= 0.3 is 12.1 Å². The number of aromatic nitrogens is 2. The highest BCUT2D eigenvalue weighted by atomic mass is 19.4. The highest BCUT2D eigenvalue weighted by Gasteiger charge is 2.30. The number of rotatable bonds is 2. The van der Waals surface area contributed by atoms with E-state index in [1.807, 2.05) is 0 Å². The van der Waals surface area contributed by atoms with Gasteiger partial charge in [0.2, 0.25) is 0 Å². The minimum Gasteiger partial charge on any atom is -0.478 e. The summed E-state index contributed by atoms with van der Waals surface area (Å²) < 4.78 is 39.8. The monoisotopic (exact) mass is 306 g/mol. The van der Waals surface area contributed by atoms with Gasteiger partial charge in [0, 0.05) is 11.8 Å². The summed E-state index contributed by atoms with van der Waals surface area (Å²) in [5, 5.41) is 9.12. The summed E-state index contributed by atoms with van der Waals surface area (Å²) in [6, 6.07) is 7.67. The van der Waals surface area contributed by atoms with Crippen LogP contribution in [0, 0.1) is 0 Å². The topological polar surface area (TPSA) is 54.6 Å². The Labute approximate surface area is 122 Å². The minimum atomic E-state index is -4.45. The molecule has 0 aliphatic heterocycles. The Morgan fingerprint density at radius 2 is 1.95 bits per heavy atom. The van der Waals surface area contributed by atoms with E-state index in [0.717, 1.165) is 12.1 Å². The molecule has 22 heavy (non-hydrogen) atoms. The largest absolute Gasteiger partial charge is 0.478 e. The van der Waals surface area contributed by atoms with Gasteiger partial charge in [0.15, 0.2) is 0 Å². The van der Waals surface area contributed by atoms with Crippen molar-refractivity contribution >= 4 is 11.5 Å². The summed E-state index contributed by atoms with van der Waals surface area (Å²) in [5.74, 6) is -0.870. The van der Waals surface area contributed by atoms with Crippen molar-refractivity contribution < 1.29 is 23.1 Å². The number of hydrogen-bond donors (Lipinski definition) is 1. The lowest BCUT2D eigenvalue weighted by atomic mass is 10.1. The van der Waals surface area contributed by atoms with E-state index in [9.17, 15) is 18.0 Å². The Morgan fingerprint density at radius 1 is 1.18 bits per heavy atom. The molecule has 3 aromatic rings. The molecule has 112 valence electrons. The average molecular weight is 306 g/mol. The summed E-state index contributed by atoms with van der Waals surface area (Å²) in [6.45, 7) is 0. The molecule has 0 radical (unpaired) electrons. The molecule has 2 heterocycles. The number of fused-ring (bicyclic) bond motifs is 1. The van der Waals surface area contributed by atoms with Gasteiger partial charge in [-0.2, -0.15) is 13.2 Å². The lowest BCUT2D eigenvalue weighted by Crippen LogP contribution is -2.05. The molecule has 7 heteroatoms. The van der Waals surface area contributed by atoms with E-state index in [2.05, 4.69) is 4.98 Å².